The maximum atomic E-state index is 12.9. The van der Waals surface area contributed by atoms with Crippen LogP contribution in [0, 0.1) is 11.7 Å². The Morgan fingerprint density at radius 1 is 1.33 bits per heavy atom. The Balaban J connectivity index is 2.91. The maximum Gasteiger partial charge on any atom is 0.340 e. The normalized spacial score (nSPS) is 11.9. The van der Waals surface area contributed by atoms with Gasteiger partial charge in [-0.25, -0.2) is 14.0 Å². The van der Waals surface area contributed by atoms with Gasteiger partial charge in [0.05, 0.1) is 10.6 Å². The van der Waals surface area contributed by atoms with Crippen molar-refractivity contribution in [3.8, 4) is 0 Å². The first kappa shape index (κ1) is 16.9. The summed E-state index contributed by atoms with van der Waals surface area (Å²) in [6.07, 6.45) is -1.23. The molecular weight excluding hydrogens is 303 g/mol. The van der Waals surface area contributed by atoms with Gasteiger partial charge in [0.1, 0.15) is 5.82 Å². The molecule has 0 saturated carbocycles. The van der Waals surface area contributed by atoms with E-state index in [1.54, 1.807) is 13.8 Å². The Morgan fingerprint density at radius 2 is 1.95 bits per heavy atom. The summed E-state index contributed by atoms with van der Waals surface area (Å²) < 4.78 is 17.9. The minimum atomic E-state index is -1.23. The molecule has 0 unspecified atom stereocenters. The number of rotatable bonds is 4. The molecule has 1 rings (SSSR count). The number of carbonyl (C=O) groups is 3. The largest absolute Gasteiger partial charge is 0.448 e. The third kappa shape index (κ3) is 4.71. The zero-order chi connectivity index (χ0) is 16.2. The summed E-state index contributed by atoms with van der Waals surface area (Å²) in [6, 6.07) is 2.08. The van der Waals surface area contributed by atoms with Crippen molar-refractivity contribution >= 4 is 29.5 Å². The average molecular weight is 317 g/mol. The number of carbonyl (C=O) groups excluding carboxylic acids is 3. The van der Waals surface area contributed by atoms with Gasteiger partial charge in [-0.15, -0.1) is 0 Å². The second kappa shape index (κ2) is 7.03. The van der Waals surface area contributed by atoms with Gasteiger partial charge < -0.3 is 10.5 Å². The van der Waals surface area contributed by atoms with E-state index in [0.29, 0.717) is 0 Å². The van der Waals surface area contributed by atoms with E-state index in [-0.39, 0.29) is 10.6 Å². The van der Waals surface area contributed by atoms with Crippen molar-refractivity contribution in [3.63, 3.8) is 0 Å². The van der Waals surface area contributed by atoms with Crippen molar-refractivity contribution in [2.24, 2.45) is 11.7 Å². The molecule has 0 saturated heterocycles. The van der Waals surface area contributed by atoms with Gasteiger partial charge in [-0.1, -0.05) is 25.4 Å². The summed E-state index contributed by atoms with van der Waals surface area (Å²) in [4.78, 5) is 34.3. The fourth-order valence-corrected chi connectivity index (χ4v) is 1.76. The van der Waals surface area contributed by atoms with Crippen LogP contribution in [0.15, 0.2) is 18.2 Å². The lowest BCUT2D eigenvalue weighted by Gasteiger charge is -2.20. The van der Waals surface area contributed by atoms with Crippen LogP contribution in [0.5, 0.6) is 0 Å². The predicted octanol–water partition coefficient (Wildman–Crippen LogP) is 1.86. The molecule has 3 N–H and O–H groups in total. The van der Waals surface area contributed by atoms with Crippen LogP contribution < -0.4 is 11.1 Å². The average Bonchev–Trinajstić information content (AvgIpc) is 2.34. The van der Waals surface area contributed by atoms with Gasteiger partial charge in [0.2, 0.25) is 0 Å². The topological polar surface area (TPSA) is 98.5 Å². The molecule has 0 aromatic heterocycles. The van der Waals surface area contributed by atoms with Crippen LogP contribution in [0.3, 0.4) is 0 Å². The molecule has 6 nitrogen and oxygen atoms in total. The minimum Gasteiger partial charge on any atom is -0.448 e. The van der Waals surface area contributed by atoms with Crippen molar-refractivity contribution < 1.29 is 23.5 Å². The fraction of sp³-hybridized carbons (Fsp3) is 0.308. The van der Waals surface area contributed by atoms with Crippen LogP contribution in [-0.2, 0) is 9.53 Å². The first-order valence-corrected chi connectivity index (χ1v) is 6.36. The number of nitrogens with one attached hydrogen (secondary N) is 1. The number of ether oxygens (including phenoxy) is 1. The number of esters is 1. The smallest absolute Gasteiger partial charge is 0.340 e. The highest BCUT2D eigenvalue weighted by molar-refractivity contribution is 6.33. The standard InChI is InChI=1S/C13H14ClFN2O4/c1-6(2)10(11(18)17-13(16)20)21-12(19)8-4-3-7(15)5-9(8)14/h3-6,10H,1-2H3,(H3,16,17,18,20)/t10-/m1/s1. The number of primary amides is 1. The SMILES string of the molecule is CC(C)[C@@H](OC(=O)c1ccc(F)cc1Cl)C(=O)NC(N)=O. The first-order chi connectivity index (χ1) is 9.72. The summed E-state index contributed by atoms with van der Waals surface area (Å²) in [5.41, 5.74) is 4.75. The van der Waals surface area contributed by atoms with E-state index in [2.05, 4.69) is 0 Å². The van der Waals surface area contributed by atoms with Gasteiger partial charge in [-0.2, -0.15) is 0 Å². The number of halogens is 2. The zero-order valence-corrected chi connectivity index (χ0v) is 12.1. The molecule has 0 aliphatic heterocycles. The molecule has 1 atom stereocenters. The number of urea groups is 1. The van der Waals surface area contributed by atoms with Gasteiger partial charge in [-0.3, -0.25) is 10.1 Å². The second-order valence-electron chi connectivity index (χ2n) is 4.55. The lowest BCUT2D eigenvalue weighted by Crippen LogP contribution is -2.45. The highest BCUT2D eigenvalue weighted by Gasteiger charge is 2.28. The van der Waals surface area contributed by atoms with Crippen LogP contribution >= 0.6 is 11.6 Å². The summed E-state index contributed by atoms with van der Waals surface area (Å²) in [5, 5.41) is 1.69. The molecule has 0 bridgehead atoms. The van der Waals surface area contributed by atoms with Crippen LogP contribution in [0.1, 0.15) is 24.2 Å². The van der Waals surface area contributed by atoms with E-state index < -0.39 is 35.7 Å². The molecule has 0 aliphatic carbocycles. The number of nitrogens with two attached hydrogens (primary N) is 1. The quantitative estimate of drug-likeness (QED) is 0.828. The molecule has 0 fully saturated rings. The molecule has 114 valence electrons. The van der Waals surface area contributed by atoms with Gasteiger partial charge in [0, 0.05) is 0 Å². The Morgan fingerprint density at radius 3 is 2.43 bits per heavy atom. The maximum absolute atomic E-state index is 12.9. The van der Waals surface area contributed by atoms with Crippen molar-refractivity contribution in [1.82, 2.24) is 5.32 Å². The van der Waals surface area contributed by atoms with Gasteiger partial charge in [0.15, 0.2) is 6.10 Å². The van der Waals surface area contributed by atoms with Gasteiger partial charge >= 0.3 is 12.0 Å². The summed E-state index contributed by atoms with van der Waals surface area (Å²) in [6.45, 7) is 3.23. The van der Waals surface area contributed by atoms with Crippen LogP contribution in [0.4, 0.5) is 9.18 Å². The highest BCUT2D eigenvalue weighted by atomic mass is 35.5. The second-order valence-corrected chi connectivity index (χ2v) is 4.95. The zero-order valence-electron chi connectivity index (χ0n) is 11.4. The van der Waals surface area contributed by atoms with Crippen LogP contribution in [0.25, 0.3) is 0 Å². The molecular formula is C13H14ClFN2O4. The van der Waals surface area contributed by atoms with E-state index in [1.165, 1.54) is 0 Å². The lowest BCUT2D eigenvalue weighted by atomic mass is 10.1. The molecule has 0 radical (unpaired) electrons. The summed E-state index contributed by atoms with van der Waals surface area (Å²) in [7, 11) is 0. The van der Waals surface area contributed by atoms with Crippen molar-refractivity contribution in [1.29, 1.82) is 0 Å². The monoisotopic (exact) mass is 316 g/mol. The van der Waals surface area contributed by atoms with E-state index in [0.717, 1.165) is 18.2 Å². The van der Waals surface area contributed by atoms with E-state index >= 15 is 0 Å². The third-order valence-electron chi connectivity index (χ3n) is 2.50. The van der Waals surface area contributed by atoms with Gasteiger partial charge in [0.25, 0.3) is 5.91 Å². The lowest BCUT2D eigenvalue weighted by molar-refractivity contribution is -0.130. The predicted molar refractivity (Wildman–Crippen MR) is 73.2 cm³/mol. The molecule has 1 aromatic carbocycles. The van der Waals surface area contributed by atoms with E-state index in [1.807, 2.05) is 5.32 Å². The fourth-order valence-electron chi connectivity index (χ4n) is 1.52. The molecule has 3 amide bonds. The van der Waals surface area contributed by atoms with Gasteiger partial charge in [-0.05, 0) is 24.1 Å². The van der Waals surface area contributed by atoms with Crippen LogP contribution in [-0.4, -0.2) is 24.0 Å². The van der Waals surface area contributed by atoms with E-state index in [4.69, 9.17) is 22.1 Å². The molecule has 1 aromatic rings. The van der Waals surface area contributed by atoms with Crippen molar-refractivity contribution in [2.75, 3.05) is 0 Å². The Labute approximate surface area is 125 Å². The highest BCUT2D eigenvalue weighted by Crippen LogP contribution is 2.20. The van der Waals surface area contributed by atoms with Crippen molar-refractivity contribution in [2.45, 2.75) is 20.0 Å². The Kier molecular flexibility index (Phi) is 5.66. The third-order valence-corrected chi connectivity index (χ3v) is 2.81. The Bertz CT molecular complexity index is 577. The molecule has 0 heterocycles. The summed E-state index contributed by atoms with van der Waals surface area (Å²) in [5.74, 6) is -2.77. The molecule has 21 heavy (non-hydrogen) atoms. The minimum absolute atomic E-state index is 0.0874. The number of imide groups is 1. The molecule has 8 heteroatoms. The Hall–Kier alpha value is -2.15. The number of hydrogen-bond donors (Lipinski definition) is 2. The first-order valence-electron chi connectivity index (χ1n) is 5.98. The molecule has 0 aliphatic rings. The van der Waals surface area contributed by atoms with Crippen molar-refractivity contribution in [3.05, 3.63) is 34.6 Å². The number of amides is 3. The van der Waals surface area contributed by atoms with Crippen LogP contribution in [0.2, 0.25) is 5.02 Å². The number of hydrogen-bond acceptors (Lipinski definition) is 4. The van der Waals surface area contributed by atoms with E-state index in [9.17, 15) is 18.8 Å². The number of benzene rings is 1. The summed E-state index contributed by atoms with van der Waals surface area (Å²) >= 11 is 5.74. The molecule has 0 spiro atoms.